The molecule has 0 saturated heterocycles. The van der Waals surface area contributed by atoms with Crippen molar-refractivity contribution in [1.29, 1.82) is 0 Å². The summed E-state index contributed by atoms with van der Waals surface area (Å²) >= 11 is 0. The van der Waals surface area contributed by atoms with Crippen molar-refractivity contribution in [3.05, 3.63) is 23.7 Å². The number of allylic oxidation sites excluding steroid dienone is 3. The van der Waals surface area contributed by atoms with Crippen molar-refractivity contribution in [1.82, 2.24) is 0 Å². The lowest BCUT2D eigenvalue weighted by Crippen LogP contribution is -1.87. The maximum atomic E-state index is 12.2. The van der Waals surface area contributed by atoms with Crippen LogP contribution in [0.3, 0.4) is 0 Å². The van der Waals surface area contributed by atoms with E-state index < -0.39 is 0 Å². The number of rotatable bonds is 4. The standard InChI is InChI=1S/C9H15FO/c1-7(9(3)11-4)5-6-8(2)10/h2,5-6H2,1,3-4H3/b9-7+. The summed E-state index contributed by atoms with van der Waals surface area (Å²) in [6.45, 7) is 6.99. The molecule has 0 aromatic rings. The van der Waals surface area contributed by atoms with E-state index >= 15 is 0 Å². The van der Waals surface area contributed by atoms with E-state index in [4.69, 9.17) is 4.74 Å². The van der Waals surface area contributed by atoms with Gasteiger partial charge in [0.05, 0.1) is 18.7 Å². The van der Waals surface area contributed by atoms with Crippen LogP contribution in [-0.4, -0.2) is 7.11 Å². The maximum Gasteiger partial charge on any atom is 0.0931 e. The van der Waals surface area contributed by atoms with Gasteiger partial charge in [0.15, 0.2) is 0 Å². The van der Waals surface area contributed by atoms with Gasteiger partial charge in [0.25, 0.3) is 0 Å². The summed E-state index contributed by atoms with van der Waals surface area (Å²) in [7, 11) is 1.61. The molecule has 2 heteroatoms. The van der Waals surface area contributed by atoms with Crippen molar-refractivity contribution < 1.29 is 9.13 Å². The first-order valence-electron chi connectivity index (χ1n) is 3.61. The maximum absolute atomic E-state index is 12.2. The molecule has 0 fully saturated rings. The molecule has 0 amide bonds. The second-order valence-electron chi connectivity index (χ2n) is 2.56. The molecule has 0 aliphatic heterocycles. The molecule has 0 heterocycles. The van der Waals surface area contributed by atoms with E-state index in [1.165, 1.54) is 0 Å². The minimum atomic E-state index is -0.270. The SMILES string of the molecule is C=C(F)CC/C(C)=C(\C)OC. The molecule has 0 spiro atoms. The summed E-state index contributed by atoms with van der Waals surface area (Å²) in [5.41, 5.74) is 1.08. The van der Waals surface area contributed by atoms with E-state index in [1.807, 2.05) is 13.8 Å². The van der Waals surface area contributed by atoms with Crippen LogP contribution in [0.5, 0.6) is 0 Å². The zero-order valence-corrected chi connectivity index (χ0v) is 7.41. The highest BCUT2D eigenvalue weighted by atomic mass is 19.1. The molecule has 0 unspecified atom stereocenters. The highest BCUT2D eigenvalue weighted by Crippen LogP contribution is 2.14. The van der Waals surface area contributed by atoms with E-state index in [0.717, 1.165) is 11.3 Å². The Kier molecular flexibility index (Phi) is 4.59. The number of methoxy groups -OCH3 is 1. The molecular formula is C9H15FO. The molecular weight excluding hydrogens is 143 g/mol. The van der Waals surface area contributed by atoms with Crippen LogP contribution in [0.4, 0.5) is 4.39 Å². The lowest BCUT2D eigenvalue weighted by molar-refractivity contribution is 0.287. The molecule has 1 nitrogen and oxygen atoms in total. The van der Waals surface area contributed by atoms with Crippen LogP contribution in [0.25, 0.3) is 0 Å². The first kappa shape index (κ1) is 10.2. The Labute approximate surface area is 67.6 Å². The normalized spacial score (nSPS) is 12.4. The van der Waals surface area contributed by atoms with Crippen LogP contribution in [0.15, 0.2) is 23.7 Å². The molecule has 0 aliphatic carbocycles. The Morgan fingerprint density at radius 2 is 1.91 bits per heavy atom. The van der Waals surface area contributed by atoms with Gasteiger partial charge >= 0.3 is 0 Å². The van der Waals surface area contributed by atoms with Gasteiger partial charge in [-0.15, -0.1) is 0 Å². The molecule has 0 atom stereocenters. The number of halogens is 1. The molecule has 0 bridgehead atoms. The van der Waals surface area contributed by atoms with E-state index in [1.54, 1.807) is 7.11 Å². The first-order valence-corrected chi connectivity index (χ1v) is 3.61. The number of hydrogen-bond donors (Lipinski definition) is 0. The summed E-state index contributed by atoms with van der Waals surface area (Å²) in [6.07, 6.45) is 1.08. The topological polar surface area (TPSA) is 9.23 Å². The Morgan fingerprint density at radius 3 is 2.27 bits per heavy atom. The highest BCUT2D eigenvalue weighted by molar-refractivity contribution is 5.04. The van der Waals surface area contributed by atoms with Gasteiger partial charge in [0.1, 0.15) is 0 Å². The summed E-state index contributed by atoms with van der Waals surface area (Å²) in [6, 6.07) is 0. The lowest BCUT2D eigenvalue weighted by Gasteiger charge is -2.04. The molecule has 0 rings (SSSR count). The molecule has 64 valence electrons. The Hall–Kier alpha value is -0.790. The third kappa shape index (κ3) is 4.59. The van der Waals surface area contributed by atoms with Gasteiger partial charge in [0.2, 0.25) is 0 Å². The molecule has 11 heavy (non-hydrogen) atoms. The Bertz CT molecular complexity index is 170. The van der Waals surface area contributed by atoms with Crippen molar-refractivity contribution in [2.45, 2.75) is 26.7 Å². The second-order valence-corrected chi connectivity index (χ2v) is 2.56. The summed E-state index contributed by atoms with van der Waals surface area (Å²) in [5.74, 6) is 0.597. The summed E-state index contributed by atoms with van der Waals surface area (Å²) in [4.78, 5) is 0. The lowest BCUT2D eigenvalue weighted by atomic mass is 10.1. The van der Waals surface area contributed by atoms with E-state index in [2.05, 4.69) is 6.58 Å². The zero-order chi connectivity index (χ0) is 8.85. The van der Waals surface area contributed by atoms with Crippen LogP contribution in [0.1, 0.15) is 26.7 Å². The predicted octanol–water partition coefficient (Wildman–Crippen LogP) is 3.19. The van der Waals surface area contributed by atoms with Crippen LogP contribution in [-0.2, 0) is 4.74 Å². The fourth-order valence-corrected chi connectivity index (χ4v) is 0.673. The van der Waals surface area contributed by atoms with Crippen molar-refractivity contribution >= 4 is 0 Å². The minimum absolute atomic E-state index is 0.270. The van der Waals surface area contributed by atoms with Crippen molar-refractivity contribution in [2.24, 2.45) is 0 Å². The quantitative estimate of drug-likeness (QED) is 0.571. The van der Waals surface area contributed by atoms with Gasteiger partial charge in [-0.05, 0) is 25.8 Å². The van der Waals surface area contributed by atoms with Crippen LogP contribution in [0.2, 0.25) is 0 Å². The van der Waals surface area contributed by atoms with Crippen LogP contribution < -0.4 is 0 Å². The third-order valence-electron chi connectivity index (χ3n) is 1.68. The van der Waals surface area contributed by atoms with Gasteiger partial charge in [-0.25, -0.2) is 4.39 Å². The molecule has 0 aromatic heterocycles. The Morgan fingerprint density at radius 1 is 1.36 bits per heavy atom. The molecule has 0 saturated carbocycles. The van der Waals surface area contributed by atoms with E-state index in [9.17, 15) is 4.39 Å². The summed E-state index contributed by atoms with van der Waals surface area (Å²) in [5, 5.41) is 0. The second kappa shape index (κ2) is 4.94. The van der Waals surface area contributed by atoms with Gasteiger partial charge < -0.3 is 4.74 Å². The van der Waals surface area contributed by atoms with Crippen LogP contribution >= 0.6 is 0 Å². The van der Waals surface area contributed by atoms with E-state index in [-0.39, 0.29) is 5.83 Å². The van der Waals surface area contributed by atoms with Gasteiger partial charge in [-0.1, -0.05) is 6.58 Å². The van der Waals surface area contributed by atoms with Crippen LogP contribution in [0, 0.1) is 0 Å². The van der Waals surface area contributed by atoms with Crippen molar-refractivity contribution in [3.63, 3.8) is 0 Å². The first-order chi connectivity index (χ1) is 5.07. The van der Waals surface area contributed by atoms with Crippen molar-refractivity contribution in [3.8, 4) is 0 Å². The average Bonchev–Trinajstić information content (AvgIpc) is 1.98. The molecule has 0 aliphatic rings. The predicted molar refractivity (Wildman–Crippen MR) is 44.9 cm³/mol. The average molecular weight is 158 g/mol. The molecule has 0 radical (unpaired) electrons. The smallest absolute Gasteiger partial charge is 0.0931 e. The van der Waals surface area contributed by atoms with E-state index in [0.29, 0.717) is 12.8 Å². The molecule has 0 N–H and O–H groups in total. The fourth-order valence-electron chi connectivity index (χ4n) is 0.673. The zero-order valence-electron chi connectivity index (χ0n) is 7.41. The highest BCUT2D eigenvalue weighted by Gasteiger charge is 1.97. The minimum Gasteiger partial charge on any atom is -0.501 e. The third-order valence-corrected chi connectivity index (χ3v) is 1.68. The number of ether oxygens (including phenoxy) is 1. The van der Waals surface area contributed by atoms with Gasteiger partial charge in [0, 0.05) is 6.42 Å². The summed E-state index contributed by atoms with van der Waals surface area (Å²) < 4.78 is 17.1. The number of hydrogen-bond acceptors (Lipinski definition) is 1. The van der Waals surface area contributed by atoms with Gasteiger partial charge in [-0.3, -0.25) is 0 Å². The van der Waals surface area contributed by atoms with Gasteiger partial charge in [-0.2, -0.15) is 0 Å². The fraction of sp³-hybridized carbons (Fsp3) is 0.556. The molecule has 0 aromatic carbocycles. The Balaban J connectivity index is 3.85. The monoisotopic (exact) mass is 158 g/mol. The largest absolute Gasteiger partial charge is 0.501 e. The van der Waals surface area contributed by atoms with Crippen molar-refractivity contribution in [2.75, 3.05) is 7.11 Å².